The van der Waals surface area contributed by atoms with E-state index in [1.165, 1.54) is 17.3 Å². The van der Waals surface area contributed by atoms with E-state index in [1.807, 2.05) is 13.0 Å². The number of benzene rings is 1. The van der Waals surface area contributed by atoms with Gasteiger partial charge in [0.15, 0.2) is 0 Å². The quantitative estimate of drug-likeness (QED) is 0.787. The number of amides is 1. The molecule has 0 radical (unpaired) electrons. The summed E-state index contributed by atoms with van der Waals surface area (Å²) in [5, 5.41) is 10.5. The molecule has 1 aromatic carbocycles. The van der Waals surface area contributed by atoms with E-state index in [0.717, 1.165) is 31.9 Å². The highest BCUT2D eigenvalue weighted by molar-refractivity contribution is 7.99. The van der Waals surface area contributed by atoms with Crippen LogP contribution in [-0.2, 0) is 11.3 Å². The zero-order valence-corrected chi connectivity index (χ0v) is 14.0. The van der Waals surface area contributed by atoms with Crippen LogP contribution in [0.3, 0.4) is 0 Å². The first-order chi connectivity index (χ1) is 11.2. The van der Waals surface area contributed by atoms with E-state index in [9.17, 15) is 4.79 Å². The lowest BCUT2D eigenvalue weighted by molar-refractivity contribution is -0.119. The van der Waals surface area contributed by atoms with E-state index in [-0.39, 0.29) is 11.9 Å². The molecular weight excluding hydrogens is 310 g/mol. The predicted octanol–water partition coefficient (Wildman–Crippen LogP) is 1.60. The minimum atomic E-state index is 0.0454. The van der Waals surface area contributed by atoms with Crippen molar-refractivity contribution in [2.45, 2.75) is 31.1 Å². The molecule has 0 unspecified atom stereocenters. The highest BCUT2D eigenvalue weighted by atomic mass is 32.2. The number of rotatable bonds is 6. The third-order valence-electron chi connectivity index (χ3n) is 3.80. The van der Waals surface area contributed by atoms with Crippen LogP contribution in [0.2, 0.25) is 0 Å². The molecular formula is C16H21N5OS. The third kappa shape index (κ3) is 4.80. The molecule has 7 heteroatoms. The second-order valence-corrected chi connectivity index (χ2v) is 6.71. The van der Waals surface area contributed by atoms with Gasteiger partial charge in [-0.3, -0.25) is 14.8 Å². The standard InChI is InChI=1S/C16H21N5OS/c1-12-17-16(20-19-12)23-11-15(22)18-14-7-8-21(10-14)9-13-5-3-2-4-6-13/h2-6,14H,7-11H2,1H3,(H,18,22)(H,17,19,20)/t14-/m1/s1. The summed E-state index contributed by atoms with van der Waals surface area (Å²) < 4.78 is 0. The molecule has 0 aliphatic carbocycles. The third-order valence-corrected chi connectivity index (χ3v) is 4.64. The van der Waals surface area contributed by atoms with Crippen LogP contribution in [0.5, 0.6) is 0 Å². The zero-order chi connectivity index (χ0) is 16.1. The summed E-state index contributed by atoms with van der Waals surface area (Å²) in [6, 6.07) is 10.7. The summed E-state index contributed by atoms with van der Waals surface area (Å²) in [4.78, 5) is 18.6. The zero-order valence-electron chi connectivity index (χ0n) is 13.2. The number of H-pyrrole nitrogens is 1. The molecule has 2 aromatic rings. The average Bonchev–Trinajstić information content (AvgIpc) is 3.15. The average molecular weight is 331 g/mol. The van der Waals surface area contributed by atoms with Crippen molar-refractivity contribution >= 4 is 17.7 Å². The molecule has 122 valence electrons. The molecule has 1 amide bonds. The smallest absolute Gasteiger partial charge is 0.230 e. The normalized spacial score (nSPS) is 18.2. The topological polar surface area (TPSA) is 73.9 Å². The lowest BCUT2D eigenvalue weighted by Gasteiger charge is -2.16. The van der Waals surface area contributed by atoms with Crippen LogP contribution >= 0.6 is 11.8 Å². The molecule has 6 nitrogen and oxygen atoms in total. The fraction of sp³-hybridized carbons (Fsp3) is 0.438. The minimum Gasteiger partial charge on any atom is -0.351 e. The first-order valence-electron chi connectivity index (χ1n) is 7.76. The van der Waals surface area contributed by atoms with Crippen molar-refractivity contribution in [1.82, 2.24) is 25.4 Å². The Bertz CT molecular complexity index is 645. The van der Waals surface area contributed by atoms with E-state index in [0.29, 0.717) is 10.9 Å². The number of aryl methyl sites for hydroxylation is 1. The highest BCUT2D eigenvalue weighted by Gasteiger charge is 2.23. The lowest BCUT2D eigenvalue weighted by atomic mass is 10.2. The van der Waals surface area contributed by atoms with E-state index in [4.69, 9.17) is 0 Å². The molecule has 3 rings (SSSR count). The number of carbonyl (C=O) groups excluding carboxylic acids is 1. The van der Waals surface area contributed by atoms with E-state index in [1.54, 1.807) is 0 Å². The number of aromatic nitrogens is 3. The molecule has 2 heterocycles. The first-order valence-corrected chi connectivity index (χ1v) is 8.75. The summed E-state index contributed by atoms with van der Waals surface area (Å²) in [6.45, 7) is 4.72. The molecule has 1 saturated heterocycles. The van der Waals surface area contributed by atoms with Crippen molar-refractivity contribution in [3.05, 3.63) is 41.7 Å². The number of carbonyl (C=O) groups is 1. The largest absolute Gasteiger partial charge is 0.351 e. The molecule has 1 fully saturated rings. The molecule has 1 aliphatic heterocycles. The number of nitrogens with one attached hydrogen (secondary N) is 2. The van der Waals surface area contributed by atoms with Gasteiger partial charge in [0, 0.05) is 25.7 Å². The fourth-order valence-electron chi connectivity index (χ4n) is 2.72. The maximum Gasteiger partial charge on any atom is 0.230 e. The van der Waals surface area contributed by atoms with Gasteiger partial charge in [0.25, 0.3) is 0 Å². The van der Waals surface area contributed by atoms with Gasteiger partial charge in [-0.1, -0.05) is 42.1 Å². The van der Waals surface area contributed by atoms with Gasteiger partial charge in [-0.25, -0.2) is 4.98 Å². The number of hydrogen-bond donors (Lipinski definition) is 2. The summed E-state index contributed by atoms with van der Waals surface area (Å²) in [5.74, 6) is 1.16. The predicted molar refractivity (Wildman–Crippen MR) is 90.1 cm³/mol. The van der Waals surface area contributed by atoms with Gasteiger partial charge in [-0.2, -0.15) is 0 Å². The second kappa shape index (κ2) is 7.61. The summed E-state index contributed by atoms with van der Waals surface area (Å²) in [7, 11) is 0. The molecule has 0 saturated carbocycles. The van der Waals surface area contributed by atoms with Crippen molar-refractivity contribution in [3.63, 3.8) is 0 Å². The number of thioether (sulfide) groups is 1. The Kier molecular flexibility index (Phi) is 5.30. The lowest BCUT2D eigenvalue weighted by Crippen LogP contribution is -2.38. The van der Waals surface area contributed by atoms with Crippen LogP contribution in [0.25, 0.3) is 0 Å². The molecule has 0 bridgehead atoms. The number of nitrogens with zero attached hydrogens (tertiary/aromatic N) is 3. The van der Waals surface area contributed by atoms with Crippen molar-refractivity contribution in [3.8, 4) is 0 Å². The molecule has 2 N–H and O–H groups in total. The molecule has 0 spiro atoms. The van der Waals surface area contributed by atoms with E-state index < -0.39 is 0 Å². The van der Waals surface area contributed by atoms with E-state index >= 15 is 0 Å². The summed E-state index contributed by atoms with van der Waals surface area (Å²) >= 11 is 1.36. The number of likely N-dealkylation sites (tertiary alicyclic amines) is 1. The van der Waals surface area contributed by atoms with Crippen LogP contribution in [0.15, 0.2) is 35.5 Å². The Morgan fingerprint density at radius 3 is 3.00 bits per heavy atom. The van der Waals surface area contributed by atoms with Crippen molar-refractivity contribution in [2.75, 3.05) is 18.8 Å². The Labute approximate surface area is 140 Å². The molecule has 1 aliphatic rings. The van der Waals surface area contributed by atoms with Gasteiger partial charge >= 0.3 is 0 Å². The monoisotopic (exact) mass is 331 g/mol. The van der Waals surface area contributed by atoms with Crippen molar-refractivity contribution < 1.29 is 4.79 Å². The van der Waals surface area contributed by atoms with Gasteiger partial charge in [0.2, 0.25) is 11.1 Å². The van der Waals surface area contributed by atoms with Crippen LogP contribution < -0.4 is 5.32 Å². The SMILES string of the molecule is Cc1nc(SCC(=O)N[C@@H]2CCN(Cc3ccccc3)C2)n[nH]1. The highest BCUT2D eigenvalue weighted by Crippen LogP contribution is 2.15. The Balaban J connectivity index is 1.40. The number of hydrogen-bond acceptors (Lipinski definition) is 5. The molecule has 23 heavy (non-hydrogen) atoms. The summed E-state index contributed by atoms with van der Waals surface area (Å²) in [6.07, 6.45) is 1.00. The Morgan fingerprint density at radius 1 is 1.43 bits per heavy atom. The number of aromatic amines is 1. The van der Waals surface area contributed by atoms with E-state index in [2.05, 4.69) is 49.7 Å². The van der Waals surface area contributed by atoms with Crippen molar-refractivity contribution in [1.29, 1.82) is 0 Å². The van der Waals surface area contributed by atoms with Gasteiger partial charge in [0.1, 0.15) is 5.82 Å². The van der Waals surface area contributed by atoms with Gasteiger partial charge in [-0.05, 0) is 18.9 Å². The Hall–Kier alpha value is -1.86. The maximum atomic E-state index is 12.0. The minimum absolute atomic E-state index is 0.0454. The fourth-order valence-corrected chi connectivity index (χ4v) is 3.38. The Morgan fingerprint density at radius 2 is 2.26 bits per heavy atom. The van der Waals surface area contributed by atoms with Crippen LogP contribution in [0, 0.1) is 6.92 Å². The van der Waals surface area contributed by atoms with Gasteiger partial charge in [0.05, 0.1) is 5.75 Å². The van der Waals surface area contributed by atoms with Crippen molar-refractivity contribution in [2.24, 2.45) is 0 Å². The first kappa shape index (κ1) is 16.0. The van der Waals surface area contributed by atoms with Crippen LogP contribution in [0.1, 0.15) is 17.8 Å². The van der Waals surface area contributed by atoms with Crippen LogP contribution in [0.4, 0.5) is 0 Å². The van der Waals surface area contributed by atoms with Gasteiger partial charge in [-0.15, -0.1) is 5.10 Å². The summed E-state index contributed by atoms with van der Waals surface area (Å²) in [5.41, 5.74) is 1.31. The van der Waals surface area contributed by atoms with Crippen LogP contribution in [-0.4, -0.2) is 50.9 Å². The second-order valence-electron chi connectivity index (χ2n) is 5.77. The maximum absolute atomic E-state index is 12.0. The molecule has 1 aromatic heterocycles. The molecule has 1 atom stereocenters. The van der Waals surface area contributed by atoms with Gasteiger partial charge < -0.3 is 5.32 Å².